The average molecular weight is 395 g/mol. The molecule has 0 aliphatic rings. The molecule has 1 heterocycles. The molecule has 1 amide bonds. The van der Waals surface area contributed by atoms with Crippen molar-refractivity contribution in [3.8, 4) is 0 Å². The normalized spacial score (nSPS) is 13.4. The van der Waals surface area contributed by atoms with E-state index in [4.69, 9.17) is 0 Å². The molecule has 2 N–H and O–H groups in total. The summed E-state index contributed by atoms with van der Waals surface area (Å²) < 4.78 is 46.5. The molecule has 0 fully saturated rings. The van der Waals surface area contributed by atoms with E-state index >= 15 is 0 Å². The van der Waals surface area contributed by atoms with Crippen molar-refractivity contribution in [3.63, 3.8) is 0 Å². The lowest BCUT2D eigenvalue weighted by Crippen LogP contribution is -2.69. The van der Waals surface area contributed by atoms with Gasteiger partial charge in [-0.1, -0.05) is 17.7 Å². The van der Waals surface area contributed by atoms with Crippen LogP contribution in [0.25, 0.3) is 0 Å². The van der Waals surface area contributed by atoms with Crippen molar-refractivity contribution in [2.75, 3.05) is 12.4 Å². The molecule has 0 unspecified atom stereocenters. The predicted molar refractivity (Wildman–Crippen MR) is 96.8 cm³/mol. The number of carbonyl (C=O) groups is 2. The second kappa shape index (κ2) is 7.87. The van der Waals surface area contributed by atoms with Crippen LogP contribution < -0.4 is 10.6 Å². The highest BCUT2D eigenvalue weighted by atomic mass is 19.4. The molecule has 2 rings (SSSR count). The summed E-state index contributed by atoms with van der Waals surface area (Å²) in [6.07, 6.45) is -5.22. The lowest BCUT2D eigenvalue weighted by molar-refractivity contribution is -0.203. The minimum Gasteiger partial charge on any atom is -0.466 e. The number of alkyl halides is 3. The van der Waals surface area contributed by atoms with E-state index in [2.05, 4.69) is 9.72 Å². The number of anilines is 1. The van der Waals surface area contributed by atoms with Gasteiger partial charge in [0.1, 0.15) is 5.82 Å². The molecule has 0 aliphatic carbocycles. The zero-order valence-electron chi connectivity index (χ0n) is 15.8. The Labute approximate surface area is 160 Å². The van der Waals surface area contributed by atoms with Gasteiger partial charge in [0.15, 0.2) is 0 Å². The molecular weight excluding hydrogens is 375 g/mol. The number of benzene rings is 1. The number of nitrogens with one attached hydrogen (secondary N) is 2. The van der Waals surface area contributed by atoms with Gasteiger partial charge in [-0.05, 0) is 50.6 Å². The molecule has 0 saturated heterocycles. The van der Waals surface area contributed by atoms with Gasteiger partial charge in [0.25, 0.3) is 5.91 Å². The Kier molecular flexibility index (Phi) is 5.96. The van der Waals surface area contributed by atoms with E-state index in [1.165, 1.54) is 18.2 Å². The van der Waals surface area contributed by atoms with Crippen molar-refractivity contribution < 1.29 is 27.5 Å². The second-order valence-electron chi connectivity index (χ2n) is 6.36. The smallest absolute Gasteiger partial charge is 0.441 e. The standard InChI is InChI=1S/C19H20F3N3O3/c1-11-5-7-14(8-6-11)16(26)25-18(17(27)28-4,19(20,21)22)24-15-10-12(2)9-13(3)23-15/h5-10H,1-4H3,(H,23,24)(H,25,26)/t18-/m0/s1. The lowest BCUT2D eigenvalue weighted by atomic mass is 10.1. The van der Waals surface area contributed by atoms with Gasteiger partial charge in [0.2, 0.25) is 0 Å². The third-order valence-corrected chi connectivity index (χ3v) is 3.94. The number of aryl methyl sites for hydroxylation is 3. The number of hydrogen-bond donors (Lipinski definition) is 2. The summed E-state index contributed by atoms with van der Waals surface area (Å²) in [6.45, 7) is 5.03. The highest BCUT2D eigenvalue weighted by Crippen LogP contribution is 2.33. The average Bonchev–Trinajstić information content (AvgIpc) is 2.59. The van der Waals surface area contributed by atoms with Gasteiger partial charge < -0.3 is 15.4 Å². The number of hydrogen-bond acceptors (Lipinski definition) is 5. The zero-order valence-corrected chi connectivity index (χ0v) is 15.8. The van der Waals surface area contributed by atoms with Crippen LogP contribution in [0.1, 0.15) is 27.2 Å². The van der Waals surface area contributed by atoms with Crippen LogP contribution in [0.15, 0.2) is 36.4 Å². The van der Waals surface area contributed by atoms with Gasteiger partial charge in [-0.3, -0.25) is 4.79 Å². The summed E-state index contributed by atoms with van der Waals surface area (Å²) in [5, 5.41) is 3.79. The van der Waals surface area contributed by atoms with Crippen molar-refractivity contribution in [3.05, 3.63) is 58.8 Å². The molecule has 0 radical (unpaired) electrons. The fourth-order valence-electron chi connectivity index (χ4n) is 2.59. The van der Waals surface area contributed by atoms with Crippen molar-refractivity contribution in [2.45, 2.75) is 32.6 Å². The summed E-state index contributed by atoms with van der Waals surface area (Å²) in [7, 11) is 0.803. The topological polar surface area (TPSA) is 80.3 Å². The van der Waals surface area contributed by atoms with E-state index in [0.717, 1.165) is 12.7 Å². The van der Waals surface area contributed by atoms with Gasteiger partial charge in [0, 0.05) is 11.3 Å². The quantitative estimate of drug-likeness (QED) is 0.600. The first-order valence-corrected chi connectivity index (χ1v) is 8.26. The molecule has 6 nitrogen and oxygen atoms in total. The van der Waals surface area contributed by atoms with Crippen LogP contribution >= 0.6 is 0 Å². The zero-order chi connectivity index (χ0) is 21.1. The third kappa shape index (κ3) is 4.41. The number of methoxy groups -OCH3 is 1. The van der Waals surface area contributed by atoms with Gasteiger partial charge >= 0.3 is 17.8 Å². The number of nitrogens with zero attached hydrogens (tertiary/aromatic N) is 1. The Hall–Kier alpha value is -3.10. The van der Waals surface area contributed by atoms with Crippen LogP contribution in [0.4, 0.5) is 19.0 Å². The highest BCUT2D eigenvalue weighted by molar-refractivity contribution is 5.99. The highest BCUT2D eigenvalue weighted by Gasteiger charge is 2.63. The molecule has 150 valence electrons. The number of pyridine rings is 1. The summed E-state index contributed by atoms with van der Waals surface area (Å²) in [6, 6.07) is 8.84. The first kappa shape index (κ1) is 21.2. The maximum absolute atomic E-state index is 14.0. The molecule has 1 aromatic carbocycles. The number of halogens is 3. The molecular formula is C19H20F3N3O3. The van der Waals surface area contributed by atoms with Gasteiger partial charge in [-0.15, -0.1) is 0 Å². The Morgan fingerprint density at radius 3 is 2.11 bits per heavy atom. The van der Waals surface area contributed by atoms with Gasteiger partial charge in [0.05, 0.1) is 7.11 Å². The molecule has 0 spiro atoms. The number of amides is 1. The maximum Gasteiger partial charge on any atom is 0.441 e. The van der Waals surface area contributed by atoms with E-state index in [1.54, 1.807) is 44.3 Å². The van der Waals surface area contributed by atoms with Crippen LogP contribution in [0.2, 0.25) is 0 Å². The van der Waals surface area contributed by atoms with Crippen LogP contribution in [-0.2, 0) is 9.53 Å². The Bertz CT molecular complexity index is 862. The monoisotopic (exact) mass is 395 g/mol. The lowest BCUT2D eigenvalue weighted by Gasteiger charge is -2.34. The van der Waals surface area contributed by atoms with E-state index in [1.807, 2.05) is 5.32 Å². The second-order valence-corrected chi connectivity index (χ2v) is 6.36. The van der Waals surface area contributed by atoms with Crippen LogP contribution in [0, 0.1) is 20.8 Å². The molecule has 1 aromatic heterocycles. The molecule has 2 aromatic rings. The van der Waals surface area contributed by atoms with Crippen LogP contribution in [-0.4, -0.2) is 35.8 Å². The number of rotatable bonds is 5. The Morgan fingerprint density at radius 1 is 1.00 bits per heavy atom. The Balaban J connectivity index is 2.52. The van der Waals surface area contributed by atoms with Crippen molar-refractivity contribution in [1.82, 2.24) is 10.3 Å². The number of esters is 1. The molecule has 28 heavy (non-hydrogen) atoms. The fourth-order valence-corrected chi connectivity index (χ4v) is 2.59. The number of carbonyl (C=O) groups excluding carboxylic acids is 2. The first-order chi connectivity index (χ1) is 13.0. The largest absolute Gasteiger partial charge is 0.466 e. The summed E-state index contributed by atoms with van der Waals surface area (Å²) in [5.74, 6) is -3.05. The van der Waals surface area contributed by atoms with Crippen molar-refractivity contribution in [2.24, 2.45) is 0 Å². The summed E-state index contributed by atoms with van der Waals surface area (Å²) >= 11 is 0. The Morgan fingerprint density at radius 2 is 1.61 bits per heavy atom. The van der Waals surface area contributed by atoms with Crippen LogP contribution in [0.3, 0.4) is 0 Å². The van der Waals surface area contributed by atoms with Crippen LogP contribution in [0.5, 0.6) is 0 Å². The van der Waals surface area contributed by atoms with Crippen molar-refractivity contribution in [1.29, 1.82) is 0 Å². The molecule has 9 heteroatoms. The molecule has 0 aliphatic heterocycles. The predicted octanol–water partition coefficient (Wildman–Crippen LogP) is 3.28. The van der Waals surface area contributed by atoms with E-state index in [-0.39, 0.29) is 11.4 Å². The van der Waals surface area contributed by atoms with Crippen molar-refractivity contribution >= 4 is 17.7 Å². The van der Waals surface area contributed by atoms with Gasteiger partial charge in [-0.2, -0.15) is 13.2 Å². The molecule has 0 saturated carbocycles. The maximum atomic E-state index is 14.0. The number of ether oxygens (including phenoxy) is 1. The minimum atomic E-state index is -5.22. The SMILES string of the molecule is COC(=O)[C@@](NC(=O)c1ccc(C)cc1)(Nc1cc(C)cc(C)n1)C(F)(F)F. The molecule has 0 bridgehead atoms. The summed E-state index contributed by atoms with van der Waals surface area (Å²) in [4.78, 5) is 28.7. The number of aromatic nitrogens is 1. The summed E-state index contributed by atoms with van der Waals surface area (Å²) in [5.41, 5.74) is -1.67. The third-order valence-electron chi connectivity index (χ3n) is 3.94. The first-order valence-electron chi connectivity index (χ1n) is 8.26. The minimum absolute atomic E-state index is 0.0432. The van der Waals surface area contributed by atoms with Gasteiger partial charge in [-0.25, -0.2) is 9.78 Å². The van der Waals surface area contributed by atoms with E-state index in [9.17, 15) is 22.8 Å². The molecule has 1 atom stereocenters. The van der Waals surface area contributed by atoms with E-state index < -0.39 is 23.7 Å². The fraction of sp³-hybridized carbons (Fsp3) is 0.316. The van der Waals surface area contributed by atoms with E-state index in [0.29, 0.717) is 11.3 Å².